The van der Waals surface area contributed by atoms with Crippen LogP contribution in [0, 0.1) is 0 Å². The van der Waals surface area contributed by atoms with Gasteiger partial charge in [-0.1, -0.05) is 152 Å². The van der Waals surface area contributed by atoms with Crippen LogP contribution in [0.15, 0.2) is 164 Å². The Bertz CT molecular complexity index is 2570. The molecule has 8 aromatic carbocycles. The minimum atomic E-state index is 0.653. The van der Waals surface area contributed by atoms with Crippen molar-refractivity contribution in [1.29, 1.82) is 0 Å². The Kier molecular flexibility index (Phi) is 6.14. The van der Waals surface area contributed by atoms with Crippen molar-refractivity contribution >= 4 is 43.1 Å². The van der Waals surface area contributed by atoms with Gasteiger partial charge in [0.15, 0.2) is 17.5 Å². The third-order valence-corrected chi connectivity index (χ3v) is 8.89. The number of hydrogen-bond acceptors (Lipinski definition) is 3. The van der Waals surface area contributed by atoms with E-state index in [0.29, 0.717) is 17.5 Å². The number of fused-ring (bicyclic) bond motifs is 6. The molecule has 0 fully saturated rings. The molecule has 0 spiro atoms. The van der Waals surface area contributed by atoms with Crippen molar-refractivity contribution in [2.45, 2.75) is 0 Å². The third kappa shape index (κ3) is 4.58. The Morgan fingerprint density at radius 1 is 0.239 bits per heavy atom. The van der Waals surface area contributed by atoms with Gasteiger partial charge in [0.05, 0.1) is 0 Å². The van der Waals surface area contributed by atoms with Crippen LogP contribution >= 0.6 is 0 Å². The second kappa shape index (κ2) is 10.8. The number of hydrogen-bond donors (Lipinski definition) is 0. The molecule has 0 aliphatic heterocycles. The molecule has 214 valence electrons. The van der Waals surface area contributed by atoms with E-state index in [2.05, 4.69) is 133 Å². The highest BCUT2D eigenvalue weighted by molar-refractivity contribution is 6.17. The zero-order valence-corrected chi connectivity index (χ0v) is 24.9. The van der Waals surface area contributed by atoms with Crippen molar-refractivity contribution in [2.75, 3.05) is 0 Å². The van der Waals surface area contributed by atoms with Crippen LogP contribution < -0.4 is 0 Å². The van der Waals surface area contributed by atoms with Crippen LogP contribution in [0.2, 0.25) is 0 Å². The molecule has 9 aromatic rings. The van der Waals surface area contributed by atoms with Crippen LogP contribution in [-0.2, 0) is 0 Å². The number of nitrogens with zero attached hydrogens (tertiary/aromatic N) is 3. The van der Waals surface area contributed by atoms with Gasteiger partial charge in [-0.2, -0.15) is 0 Å². The van der Waals surface area contributed by atoms with Crippen molar-refractivity contribution in [3.63, 3.8) is 0 Å². The lowest BCUT2D eigenvalue weighted by Crippen LogP contribution is -2.00. The number of rotatable bonds is 4. The van der Waals surface area contributed by atoms with E-state index < -0.39 is 0 Å². The summed E-state index contributed by atoms with van der Waals surface area (Å²) in [7, 11) is 0. The second-order valence-electron chi connectivity index (χ2n) is 11.7. The molecule has 0 aliphatic rings. The van der Waals surface area contributed by atoms with Crippen LogP contribution in [-0.4, -0.2) is 15.0 Å². The average Bonchev–Trinajstić information content (AvgIpc) is 3.14. The summed E-state index contributed by atoms with van der Waals surface area (Å²) in [5.74, 6) is 1.97. The molecule has 9 rings (SSSR count). The molecule has 0 saturated heterocycles. The van der Waals surface area contributed by atoms with Gasteiger partial charge < -0.3 is 0 Å². The topological polar surface area (TPSA) is 38.7 Å². The van der Waals surface area contributed by atoms with Gasteiger partial charge in [0.25, 0.3) is 0 Å². The maximum Gasteiger partial charge on any atom is 0.164 e. The maximum absolute atomic E-state index is 4.98. The summed E-state index contributed by atoms with van der Waals surface area (Å²) in [5.41, 5.74) is 5.20. The standard InChI is InChI=1S/C43H27N3/c1-2-10-31(11-3-1)41-44-42(46-43(45-41)36-19-16-28-8-4-5-12-33(28)27-36)32-17-14-29(15-18-32)34-21-23-38-35(26-34)22-25-39-37-13-7-6-9-30(37)20-24-40(38)39/h1-27H. The second-order valence-corrected chi connectivity index (χ2v) is 11.7. The molecule has 0 bridgehead atoms. The van der Waals surface area contributed by atoms with Gasteiger partial charge in [-0.05, 0) is 66.3 Å². The SMILES string of the molecule is c1ccc(-c2nc(-c3ccc(-c4ccc5c(ccc6c7ccccc7ccc56)c4)cc3)nc(-c3ccc4ccccc4c3)n2)cc1. The zero-order valence-electron chi connectivity index (χ0n) is 24.9. The van der Waals surface area contributed by atoms with Gasteiger partial charge in [0.1, 0.15) is 0 Å². The Balaban J connectivity index is 1.11. The molecule has 3 heteroatoms. The van der Waals surface area contributed by atoms with Crippen molar-refractivity contribution in [3.8, 4) is 45.3 Å². The monoisotopic (exact) mass is 585 g/mol. The quantitative estimate of drug-likeness (QED) is 0.193. The smallest absolute Gasteiger partial charge is 0.164 e. The molecule has 46 heavy (non-hydrogen) atoms. The lowest BCUT2D eigenvalue weighted by molar-refractivity contribution is 1.07. The van der Waals surface area contributed by atoms with Crippen molar-refractivity contribution < 1.29 is 0 Å². The Morgan fingerprint density at radius 3 is 1.46 bits per heavy atom. The summed E-state index contributed by atoms with van der Waals surface area (Å²) < 4.78 is 0. The molecule has 0 saturated carbocycles. The van der Waals surface area contributed by atoms with Crippen molar-refractivity contribution in [3.05, 3.63) is 164 Å². The fourth-order valence-electron chi connectivity index (χ4n) is 6.50. The van der Waals surface area contributed by atoms with E-state index >= 15 is 0 Å². The van der Waals surface area contributed by atoms with E-state index in [1.807, 2.05) is 30.3 Å². The molecule has 3 nitrogen and oxygen atoms in total. The highest BCUT2D eigenvalue weighted by Crippen LogP contribution is 2.34. The van der Waals surface area contributed by atoms with E-state index in [4.69, 9.17) is 15.0 Å². The minimum absolute atomic E-state index is 0.653. The van der Waals surface area contributed by atoms with Crippen molar-refractivity contribution in [1.82, 2.24) is 15.0 Å². The van der Waals surface area contributed by atoms with Gasteiger partial charge in [-0.3, -0.25) is 0 Å². The van der Waals surface area contributed by atoms with E-state index in [9.17, 15) is 0 Å². The first-order chi connectivity index (χ1) is 22.8. The van der Waals surface area contributed by atoms with Gasteiger partial charge in [0.2, 0.25) is 0 Å². The molecule has 0 unspecified atom stereocenters. The predicted octanol–water partition coefficient (Wildman–Crippen LogP) is 11.2. The van der Waals surface area contributed by atoms with E-state index in [-0.39, 0.29) is 0 Å². The summed E-state index contributed by atoms with van der Waals surface area (Å²) in [4.78, 5) is 14.8. The molecule has 1 heterocycles. The third-order valence-electron chi connectivity index (χ3n) is 8.89. The van der Waals surface area contributed by atoms with Crippen LogP contribution in [0.5, 0.6) is 0 Å². The van der Waals surface area contributed by atoms with E-state index in [1.165, 1.54) is 43.3 Å². The molecule has 0 radical (unpaired) electrons. The predicted molar refractivity (Wildman–Crippen MR) is 192 cm³/mol. The molecular weight excluding hydrogens is 558 g/mol. The maximum atomic E-state index is 4.98. The van der Waals surface area contributed by atoms with Crippen LogP contribution in [0.3, 0.4) is 0 Å². The summed E-state index contributed by atoms with van der Waals surface area (Å²) in [6, 6.07) is 57.7. The van der Waals surface area contributed by atoms with Crippen LogP contribution in [0.1, 0.15) is 0 Å². The minimum Gasteiger partial charge on any atom is -0.208 e. The normalized spacial score (nSPS) is 11.5. The largest absolute Gasteiger partial charge is 0.208 e. The lowest BCUT2D eigenvalue weighted by atomic mass is 9.94. The molecule has 1 aromatic heterocycles. The summed E-state index contributed by atoms with van der Waals surface area (Å²) in [6.07, 6.45) is 0. The highest BCUT2D eigenvalue weighted by Gasteiger charge is 2.13. The summed E-state index contributed by atoms with van der Waals surface area (Å²) in [5, 5.41) is 9.97. The number of aromatic nitrogens is 3. The molecule has 0 amide bonds. The molecule has 0 N–H and O–H groups in total. The van der Waals surface area contributed by atoms with E-state index in [1.54, 1.807) is 0 Å². The van der Waals surface area contributed by atoms with Gasteiger partial charge in [0, 0.05) is 16.7 Å². The highest BCUT2D eigenvalue weighted by atomic mass is 15.0. The van der Waals surface area contributed by atoms with Gasteiger partial charge in [-0.15, -0.1) is 0 Å². The Labute approximate surface area is 266 Å². The summed E-state index contributed by atoms with van der Waals surface area (Å²) >= 11 is 0. The molecular formula is C43H27N3. The Hall–Kier alpha value is -6.19. The first-order valence-corrected chi connectivity index (χ1v) is 15.5. The fourth-order valence-corrected chi connectivity index (χ4v) is 6.50. The first kappa shape index (κ1) is 26.2. The zero-order chi connectivity index (χ0) is 30.5. The molecule has 0 aliphatic carbocycles. The fraction of sp³-hybridized carbons (Fsp3) is 0. The van der Waals surface area contributed by atoms with Crippen LogP contribution in [0.25, 0.3) is 88.4 Å². The number of benzene rings is 8. The lowest BCUT2D eigenvalue weighted by Gasteiger charge is -2.11. The van der Waals surface area contributed by atoms with E-state index in [0.717, 1.165) is 27.6 Å². The van der Waals surface area contributed by atoms with Crippen molar-refractivity contribution in [2.24, 2.45) is 0 Å². The molecule has 0 atom stereocenters. The van der Waals surface area contributed by atoms with Gasteiger partial charge >= 0.3 is 0 Å². The summed E-state index contributed by atoms with van der Waals surface area (Å²) in [6.45, 7) is 0. The average molecular weight is 586 g/mol. The first-order valence-electron chi connectivity index (χ1n) is 15.5. The Morgan fingerprint density at radius 2 is 0.696 bits per heavy atom. The van der Waals surface area contributed by atoms with Gasteiger partial charge in [-0.25, -0.2) is 15.0 Å². The van der Waals surface area contributed by atoms with Crippen LogP contribution in [0.4, 0.5) is 0 Å².